The van der Waals surface area contributed by atoms with Gasteiger partial charge in [0.2, 0.25) is 11.8 Å². The van der Waals surface area contributed by atoms with Crippen LogP contribution in [-0.4, -0.2) is 121 Å². The van der Waals surface area contributed by atoms with E-state index in [-0.39, 0.29) is 36.4 Å². The molecule has 4 aromatic rings. The van der Waals surface area contributed by atoms with E-state index in [0.29, 0.717) is 89.9 Å². The zero-order valence-electron chi connectivity index (χ0n) is 26.4. The van der Waals surface area contributed by atoms with Gasteiger partial charge in [0, 0.05) is 50.0 Å². The molecule has 0 unspecified atom stereocenters. The number of para-hydroxylation sites is 2. The van der Waals surface area contributed by atoms with Gasteiger partial charge >= 0.3 is 0 Å². The van der Waals surface area contributed by atoms with E-state index in [1.807, 2.05) is 46.2 Å². The van der Waals surface area contributed by atoms with Crippen LogP contribution in [0.3, 0.4) is 0 Å². The molecule has 1 saturated heterocycles. The van der Waals surface area contributed by atoms with Gasteiger partial charge in [0.05, 0.1) is 64.1 Å². The van der Waals surface area contributed by atoms with Crippen LogP contribution in [0.5, 0.6) is 11.5 Å². The van der Waals surface area contributed by atoms with Crippen LogP contribution in [0.15, 0.2) is 60.7 Å². The molecule has 2 amide bonds. The highest BCUT2D eigenvalue weighted by Crippen LogP contribution is 2.24. The normalized spacial score (nSPS) is 18.0. The molecule has 1 aliphatic heterocycles. The smallest absolute Gasteiger partial charge is 0.234 e. The van der Waals surface area contributed by atoms with Crippen LogP contribution >= 0.6 is 0 Å². The van der Waals surface area contributed by atoms with Crippen molar-refractivity contribution in [3.8, 4) is 11.5 Å². The van der Waals surface area contributed by atoms with Crippen molar-refractivity contribution in [2.45, 2.75) is 13.1 Å². The largest absolute Gasteiger partial charge is 0.506 e. The number of amides is 2. The molecule has 3 heterocycles. The molecule has 2 aromatic carbocycles. The minimum Gasteiger partial charge on any atom is -0.506 e. The summed E-state index contributed by atoms with van der Waals surface area (Å²) in [5, 5.41) is 27.9. The molecule has 0 bridgehead atoms. The molecule has 47 heavy (non-hydrogen) atoms. The molecule has 1 aliphatic rings. The standard InChI is InChI=1S/C34H42N6O7/c41-29-5-1-3-25-7-9-27(37-33(25)29)21-39-13-17-46-19-20-47-18-14-40(22-28-10-8-26-4-2-6-30(42)34(26)38-28)24-32(44)36-12-16-45-15-11-35-31(43)23-39/h1-10,41-42H,11-24H2,(H,35,43)(H,36,44). The number of pyridine rings is 2. The molecule has 13 heteroatoms. The first-order valence-electron chi connectivity index (χ1n) is 15.8. The summed E-state index contributed by atoms with van der Waals surface area (Å²) in [6, 6.07) is 18.1. The third-order valence-corrected chi connectivity index (χ3v) is 7.63. The lowest BCUT2D eigenvalue weighted by Gasteiger charge is -2.22. The van der Waals surface area contributed by atoms with Gasteiger partial charge in [0.1, 0.15) is 22.5 Å². The molecule has 5 rings (SSSR count). The maximum absolute atomic E-state index is 12.7. The van der Waals surface area contributed by atoms with E-state index in [0.717, 1.165) is 22.2 Å². The van der Waals surface area contributed by atoms with Crippen LogP contribution in [0.1, 0.15) is 11.4 Å². The van der Waals surface area contributed by atoms with Gasteiger partial charge < -0.3 is 35.1 Å². The molecule has 0 atom stereocenters. The number of ether oxygens (including phenoxy) is 3. The zero-order chi connectivity index (χ0) is 32.8. The Morgan fingerprint density at radius 1 is 0.596 bits per heavy atom. The maximum atomic E-state index is 12.7. The van der Waals surface area contributed by atoms with E-state index in [4.69, 9.17) is 14.2 Å². The summed E-state index contributed by atoms with van der Waals surface area (Å²) in [5.41, 5.74) is 2.50. The van der Waals surface area contributed by atoms with E-state index in [9.17, 15) is 19.8 Å². The minimum absolute atomic E-state index is 0.112. The monoisotopic (exact) mass is 646 g/mol. The summed E-state index contributed by atoms with van der Waals surface area (Å²) in [7, 11) is 0. The number of carbonyl (C=O) groups excluding carboxylic acids is 2. The van der Waals surface area contributed by atoms with E-state index in [2.05, 4.69) is 20.6 Å². The van der Waals surface area contributed by atoms with Crippen molar-refractivity contribution in [3.63, 3.8) is 0 Å². The number of aromatic hydroxyl groups is 2. The molecule has 250 valence electrons. The van der Waals surface area contributed by atoms with Crippen LogP contribution < -0.4 is 10.6 Å². The third kappa shape index (κ3) is 10.6. The highest BCUT2D eigenvalue weighted by molar-refractivity contribution is 5.85. The Balaban J connectivity index is 1.17. The lowest BCUT2D eigenvalue weighted by Crippen LogP contribution is -2.40. The summed E-state index contributed by atoms with van der Waals surface area (Å²) >= 11 is 0. The molecule has 1 fully saturated rings. The number of carbonyl (C=O) groups is 2. The fraction of sp³-hybridized carbons (Fsp3) is 0.412. The number of rotatable bonds is 4. The summed E-state index contributed by atoms with van der Waals surface area (Å²) in [6.45, 7) is 4.81. The van der Waals surface area contributed by atoms with Crippen LogP contribution in [0.2, 0.25) is 0 Å². The van der Waals surface area contributed by atoms with E-state index in [1.165, 1.54) is 0 Å². The second-order valence-corrected chi connectivity index (χ2v) is 11.3. The Morgan fingerprint density at radius 2 is 1.04 bits per heavy atom. The van der Waals surface area contributed by atoms with Gasteiger partial charge in [-0.15, -0.1) is 0 Å². The fourth-order valence-electron chi connectivity index (χ4n) is 5.26. The highest BCUT2D eigenvalue weighted by atomic mass is 16.5. The van der Waals surface area contributed by atoms with E-state index in [1.54, 1.807) is 24.3 Å². The molecule has 0 radical (unpaired) electrons. The fourth-order valence-corrected chi connectivity index (χ4v) is 5.26. The van der Waals surface area contributed by atoms with Crippen LogP contribution in [-0.2, 0) is 36.9 Å². The number of hydrogen-bond donors (Lipinski definition) is 4. The van der Waals surface area contributed by atoms with Crippen LogP contribution in [0, 0.1) is 0 Å². The SMILES string of the molecule is O=C1CN(Cc2ccc3cccc(O)c3n2)CCOCCOCCN(Cc2ccc3cccc(O)c3n2)CC(=O)NCCOCCN1. The second-order valence-electron chi connectivity index (χ2n) is 11.3. The lowest BCUT2D eigenvalue weighted by atomic mass is 10.2. The quantitative estimate of drug-likeness (QED) is 0.256. The van der Waals surface area contributed by atoms with Crippen LogP contribution in [0.4, 0.5) is 0 Å². The minimum atomic E-state index is -0.157. The predicted octanol–water partition coefficient (Wildman–Crippen LogP) is 1.79. The van der Waals surface area contributed by atoms with Gasteiger partial charge in [-0.1, -0.05) is 36.4 Å². The first-order valence-corrected chi connectivity index (χ1v) is 15.8. The van der Waals surface area contributed by atoms with Crippen molar-refractivity contribution in [2.75, 3.05) is 78.9 Å². The number of phenols is 2. The number of nitrogens with zero attached hydrogens (tertiary/aromatic N) is 4. The summed E-state index contributed by atoms with van der Waals surface area (Å²) in [6.07, 6.45) is 0. The highest BCUT2D eigenvalue weighted by Gasteiger charge is 2.15. The van der Waals surface area contributed by atoms with Crippen LogP contribution in [0.25, 0.3) is 21.8 Å². The Labute approximate surface area is 273 Å². The van der Waals surface area contributed by atoms with Crippen molar-refractivity contribution in [1.82, 2.24) is 30.4 Å². The molecular formula is C34H42N6O7. The number of hydrogen-bond acceptors (Lipinski definition) is 11. The molecule has 2 aromatic heterocycles. The number of benzene rings is 2. The molecule has 13 nitrogen and oxygen atoms in total. The van der Waals surface area contributed by atoms with Gasteiger partial charge in [-0.3, -0.25) is 19.4 Å². The Bertz CT molecular complexity index is 1520. The number of fused-ring (bicyclic) bond motifs is 2. The lowest BCUT2D eigenvalue weighted by molar-refractivity contribution is -0.123. The maximum Gasteiger partial charge on any atom is 0.234 e. The molecule has 0 aliphatic carbocycles. The van der Waals surface area contributed by atoms with Crippen molar-refractivity contribution in [1.29, 1.82) is 0 Å². The predicted molar refractivity (Wildman–Crippen MR) is 176 cm³/mol. The Kier molecular flexibility index (Phi) is 12.6. The first kappa shape index (κ1) is 33.9. The van der Waals surface area contributed by atoms with Gasteiger partial charge in [-0.05, 0) is 24.3 Å². The van der Waals surface area contributed by atoms with Gasteiger partial charge in [-0.2, -0.15) is 0 Å². The summed E-state index contributed by atoms with van der Waals surface area (Å²) < 4.78 is 17.3. The van der Waals surface area contributed by atoms with Crippen molar-refractivity contribution < 1.29 is 34.0 Å². The first-order chi connectivity index (χ1) is 22.9. The molecular weight excluding hydrogens is 604 g/mol. The average Bonchev–Trinajstić information content (AvgIpc) is 3.05. The molecule has 0 saturated carbocycles. The van der Waals surface area contributed by atoms with Gasteiger partial charge in [-0.25, -0.2) is 9.97 Å². The molecule has 4 N–H and O–H groups in total. The molecule has 0 spiro atoms. The third-order valence-electron chi connectivity index (χ3n) is 7.63. The van der Waals surface area contributed by atoms with Crippen molar-refractivity contribution in [3.05, 3.63) is 72.1 Å². The average molecular weight is 647 g/mol. The Hall–Kier alpha value is -4.40. The number of phenolic OH excluding ortho intramolecular Hbond substituents is 2. The van der Waals surface area contributed by atoms with Gasteiger partial charge in [0.25, 0.3) is 0 Å². The van der Waals surface area contributed by atoms with E-state index < -0.39 is 0 Å². The van der Waals surface area contributed by atoms with Crippen molar-refractivity contribution in [2.24, 2.45) is 0 Å². The summed E-state index contributed by atoms with van der Waals surface area (Å²) in [4.78, 5) is 38.6. The topological polar surface area (TPSA) is 159 Å². The Morgan fingerprint density at radius 3 is 1.51 bits per heavy atom. The zero-order valence-corrected chi connectivity index (χ0v) is 26.4. The number of aromatic nitrogens is 2. The van der Waals surface area contributed by atoms with Gasteiger partial charge in [0.15, 0.2) is 0 Å². The second kappa shape index (κ2) is 17.5. The number of nitrogens with one attached hydrogen (secondary N) is 2. The van der Waals surface area contributed by atoms with E-state index >= 15 is 0 Å². The summed E-state index contributed by atoms with van der Waals surface area (Å²) in [5.74, 6) is -0.0896. The van der Waals surface area contributed by atoms with Crippen molar-refractivity contribution >= 4 is 33.6 Å².